The summed E-state index contributed by atoms with van der Waals surface area (Å²) in [5.74, 6) is -1.26. The first-order valence-electron chi connectivity index (χ1n) is 6.27. The molecule has 6 heteroatoms. The minimum absolute atomic E-state index is 0.0160. The van der Waals surface area contributed by atoms with Crippen molar-refractivity contribution in [3.63, 3.8) is 0 Å². The van der Waals surface area contributed by atoms with E-state index in [0.29, 0.717) is 21.3 Å². The highest BCUT2D eigenvalue weighted by molar-refractivity contribution is 9.10. The number of carbonyl (C=O) groups excluding carboxylic acids is 1. The number of amides is 1. The lowest BCUT2D eigenvalue weighted by Gasteiger charge is -2.18. The van der Waals surface area contributed by atoms with Gasteiger partial charge in [0.05, 0.1) is 12.2 Å². The van der Waals surface area contributed by atoms with E-state index in [0.717, 1.165) is 0 Å². The summed E-state index contributed by atoms with van der Waals surface area (Å²) in [5.41, 5.74) is 7.13. The molecule has 0 fully saturated rings. The molecule has 2 aromatic rings. The van der Waals surface area contributed by atoms with Crippen LogP contribution in [0, 0.1) is 11.6 Å². The molecule has 0 saturated carbocycles. The molecular weight excluding hydrogens is 342 g/mol. The average molecular weight is 353 g/mol. The van der Waals surface area contributed by atoms with Crippen LogP contribution in [0.5, 0.6) is 0 Å². The van der Waals surface area contributed by atoms with Crippen LogP contribution in [0.4, 0.5) is 14.5 Å². The number of halogens is 3. The molecule has 2 N–H and O–H groups in total. The Morgan fingerprint density at radius 2 is 1.95 bits per heavy atom. The van der Waals surface area contributed by atoms with Crippen LogP contribution in [0.15, 0.2) is 40.9 Å². The molecule has 0 aromatic heterocycles. The fourth-order valence-corrected chi connectivity index (χ4v) is 2.75. The van der Waals surface area contributed by atoms with Crippen LogP contribution < -0.4 is 10.6 Å². The first kappa shape index (κ1) is 14.2. The van der Waals surface area contributed by atoms with Gasteiger partial charge in [-0.1, -0.05) is 28.1 Å². The predicted molar refractivity (Wildman–Crippen MR) is 78.6 cm³/mol. The smallest absolute Gasteiger partial charge is 0.248 e. The molecule has 108 valence electrons. The number of nitrogens with zero attached hydrogens (tertiary/aromatic N) is 1. The van der Waals surface area contributed by atoms with Gasteiger partial charge in [-0.15, -0.1) is 0 Å². The van der Waals surface area contributed by atoms with Crippen LogP contribution in [-0.4, -0.2) is 5.91 Å². The van der Waals surface area contributed by atoms with Gasteiger partial charge in [-0.25, -0.2) is 8.78 Å². The van der Waals surface area contributed by atoms with Crippen LogP contribution in [0.2, 0.25) is 0 Å². The van der Waals surface area contributed by atoms with Crippen molar-refractivity contribution in [1.82, 2.24) is 0 Å². The summed E-state index contributed by atoms with van der Waals surface area (Å²) in [6, 6.07) is 7.75. The molecule has 0 radical (unpaired) electrons. The van der Waals surface area contributed by atoms with Gasteiger partial charge in [0, 0.05) is 15.6 Å². The molecule has 0 saturated heterocycles. The zero-order valence-corrected chi connectivity index (χ0v) is 12.4. The molecule has 1 aliphatic rings. The van der Waals surface area contributed by atoms with E-state index in [1.807, 2.05) is 0 Å². The van der Waals surface area contributed by atoms with Gasteiger partial charge in [-0.3, -0.25) is 4.79 Å². The summed E-state index contributed by atoms with van der Waals surface area (Å²) in [4.78, 5) is 13.5. The summed E-state index contributed by atoms with van der Waals surface area (Å²) in [7, 11) is 0. The van der Waals surface area contributed by atoms with Crippen molar-refractivity contribution in [1.29, 1.82) is 0 Å². The Labute approximate surface area is 128 Å². The number of nitrogens with two attached hydrogens (primary N) is 1. The topological polar surface area (TPSA) is 46.3 Å². The number of hydrogen-bond donors (Lipinski definition) is 1. The normalized spacial score (nSPS) is 17.2. The third-order valence-corrected chi connectivity index (χ3v) is 3.99. The summed E-state index contributed by atoms with van der Waals surface area (Å²) in [6.07, 6.45) is 0. The summed E-state index contributed by atoms with van der Waals surface area (Å²) < 4.78 is 27.9. The minimum atomic E-state index is -0.834. The highest BCUT2D eigenvalue weighted by Crippen LogP contribution is 2.36. The fraction of sp³-hybridized carbons (Fsp3) is 0.133. The largest absolute Gasteiger partial charge is 0.316 e. The van der Waals surface area contributed by atoms with E-state index in [1.54, 1.807) is 12.1 Å². The molecule has 1 atom stereocenters. The van der Waals surface area contributed by atoms with Crippen molar-refractivity contribution in [2.24, 2.45) is 5.73 Å². The third kappa shape index (κ3) is 2.45. The molecular formula is C15H11BrF2N2O. The van der Waals surface area contributed by atoms with Gasteiger partial charge in [0.2, 0.25) is 5.91 Å². The molecule has 0 bridgehead atoms. The van der Waals surface area contributed by atoms with Crippen molar-refractivity contribution in [3.05, 3.63) is 63.6 Å². The Hall–Kier alpha value is -1.79. The van der Waals surface area contributed by atoms with Gasteiger partial charge in [0.25, 0.3) is 0 Å². The SMILES string of the molecule is NC1C(=O)N(Cc2ccc(Br)cc2F)c2cc(F)ccc21. The monoisotopic (exact) mass is 352 g/mol. The summed E-state index contributed by atoms with van der Waals surface area (Å²) in [6.45, 7) is 0.0160. The molecule has 3 nitrogen and oxygen atoms in total. The first-order valence-corrected chi connectivity index (χ1v) is 7.07. The van der Waals surface area contributed by atoms with Crippen LogP contribution in [0.3, 0.4) is 0 Å². The fourth-order valence-electron chi connectivity index (χ4n) is 2.42. The zero-order valence-electron chi connectivity index (χ0n) is 10.8. The lowest BCUT2D eigenvalue weighted by Crippen LogP contribution is -2.31. The second-order valence-corrected chi connectivity index (χ2v) is 5.76. The maximum Gasteiger partial charge on any atom is 0.248 e. The number of anilines is 1. The van der Waals surface area contributed by atoms with Gasteiger partial charge < -0.3 is 10.6 Å². The van der Waals surface area contributed by atoms with Crippen LogP contribution >= 0.6 is 15.9 Å². The van der Waals surface area contributed by atoms with Crippen molar-refractivity contribution in [2.75, 3.05) is 4.90 Å². The second kappa shape index (κ2) is 5.20. The highest BCUT2D eigenvalue weighted by Gasteiger charge is 2.35. The van der Waals surface area contributed by atoms with E-state index in [9.17, 15) is 13.6 Å². The molecule has 1 heterocycles. The molecule has 21 heavy (non-hydrogen) atoms. The Bertz CT molecular complexity index is 736. The van der Waals surface area contributed by atoms with Gasteiger partial charge in [-0.2, -0.15) is 0 Å². The average Bonchev–Trinajstić information content (AvgIpc) is 2.66. The van der Waals surface area contributed by atoms with E-state index in [2.05, 4.69) is 15.9 Å². The Kier molecular flexibility index (Phi) is 3.51. The number of benzene rings is 2. The molecule has 1 unspecified atom stereocenters. The second-order valence-electron chi connectivity index (χ2n) is 4.84. The van der Waals surface area contributed by atoms with Crippen LogP contribution in [0.1, 0.15) is 17.2 Å². The molecule has 0 aliphatic carbocycles. The quantitative estimate of drug-likeness (QED) is 0.901. The van der Waals surface area contributed by atoms with Gasteiger partial charge in [0.15, 0.2) is 0 Å². The van der Waals surface area contributed by atoms with Crippen molar-refractivity contribution in [3.8, 4) is 0 Å². The van der Waals surface area contributed by atoms with Gasteiger partial charge in [0.1, 0.15) is 17.7 Å². The molecule has 0 spiro atoms. The highest BCUT2D eigenvalue weighted by atomic mass is 79.9. The number of hydrogen-bond acceptors (Lipinski definition) is 2. The number of fused-ring (bicyclic) bond motifs is 1. The van der Waals surface area contributed by atoms with E-state index in [-0.39, 0.29) is 12.5 Å². The Morgan fingerprint density at radius 1 is 1.19 bits per heavy atom. The molecule has 1 amide bonds. The standard InChI is InChI=1S/C15H11BrF2N2O/c16-9-2-1-8(12(18)5-9)7-20-13-6-10(17)3-4-11(13)14(19)15(20)21/h1-6,14H,7,19H2. The summed E-state index contributed by atoms with van der Waals surface area (Å²) in [5, 5.41) is 0. The first-order chi connectivity index (χ1) is 9.97. The number of carbonyl (C=O) groups is 1. The Morgan fingerprint density at radius 3 is 2.67 bits per heavy atom. The third-order valence-electron chi connectivity index (χ3n) is 3.49. The lowest BCUT2D eigenvalue weighted by atomic mass is 10.1. The zero-order chi connectivity index (χ0) is 15.1. The summed E-state index contributed by atoms with van der Waals surface area (Å²) >= 11 is 3.18. The number of rotatable bonds is 2. The van der Waals surface area contributed by atoms with Crippen LogP contribution in [-0.2, 0) is 11.3 Å². The van der Waals surface area contributed by atoms with E-state index < -0.39 is 17.7 Å². The predicted octanol–water partition coefficient (Wildman–Crippen LogP) is 3.27. The van der Waals surface area contributed by atoms with E-state index in [1.165, 1.54) is 29.2 Å². The Balaban J connectivity index is 2.00. The lowest BCUT2D eigenvalue weighted by molar-refractivity contribution is -0.119. The van der Waals surface area contributed by atoms with Gasteiger partial charge >= 0.3 is 0 Å². The maximum atomic E-state index is 13.9. The van der Waals surface area contributed by atoms with Crippen molar-refractivity contribution in [2.45, 2.75) is 12.6 Å². The van der Waals surface area contributed by atoms with E-state index >= 15 is 0 Å². The van der Waals surface area contributed by atoms with E-state index in [4.69, 9.17) is 5.73 Å². The molecule has 2 aromatic carbocycles. The minimum Gasteiger partial charge on any atom is -0.316 e. The van der Waals surface area contributed by atoms with Crippen molar-refractivity contribution >= 4 is 27.5 Å². The molecule has 3 rings (SSSR count). The van der Waals surface area contributed by atoms with Crippen molar-refractivity contribution < 1.29 is 13.6 Å². The molecule has 1 aliphatic heterocycles. The maximum absolute atomic E-state index is 13.9. The van der Waals surface area contributed by atoms with Gasteiger partial charge in [-0.05, 0) is 24.3 Å². The van der Waals surface area contributed by atoms with Crippen LogP contribution in [0.25, 0.3) is 0 Å².